The fourth-order valence-electron chi connectivity index (χ4n) is 2.35. The van der Waals surface area contributed by atoms with Crippen LogP contribution in [0.2, 0.25) is 0 Å². The van der Waals surface area contributed by atoms with Crippen LogP contribution in [0, 0.1) is 6.92 Å². The van der Waals surface area contributed by atoms with Gasteiger partial charge in [0.05, 0.1) is 11.5 Å². The second kappa shape index (κ2) is 7.61. The van der Waals surface area contributed by atoms with E-state index >= 15 is 0 Å². The zero-order valence-electron chi connectivity index (χ0n) is 13.7. The average Bonchev–Trinajstić information content (AvgIpc) is 2.96. The van der Waals surface area contributed by atoms with Gasteiger partial charge in [0, 0.05) is 31.9 Å². The van der Waals surface area contributed by atoms with Crippen molar-refractivity contribution >= 4 is 10.0 Å². The standard InChI is InChI=1S/C16H23N3O3S/c1-4-16-17-8-10-19(16)11-9-18-23(20,21)14-6-7-15(22-5-2)13(3)12-14/h6-8,10,12,18H,4-5,9,11H2,1-3H3. The monoisotopic (exact) mass is 337 g/mol. The molecule has 0 aliphatic heterocycles. The molecule has 0 spiro atoms. The molecule has 1 heterocycles. The summed E-state index contributed by atoms with van der Waals surface area (Å²) in [5.74, 6) is 1.65. The predicted molar refractivity (Wildman–Crippen MR) is 89.1 cm³/mol. The predicted octanol–water partition coefficient (Wildman–Crippen LogP) is 2.13. The number of rotatable bonds is 8. The Bertz CT molecular complexity index is 754. The highest BCUT2D eigenvalue weighted by Gasteiger charge is 2.15. The minimum absolute atomic E-state index is 0.250. The topological polar surface area (TPSA) is 73.2 Å². The highest BCUT2D eigenvalue weighted by molar-refractivity contribution is 7.89. The normalized spacial score (nSPS) is 11.6. The maximum absolute atomic E-state index is 12.4. The fourth-order valence-corrected chi connectivity index (χ4v) is 3.45. The van der Waals surface area contributed by atoms with E-state index in [4.69, 9.17) is 4.74 Å². The lowest BCUT2D eigenvalue weighted by Crippen LogP contribution is -2.27. The fraction of sp³-hybridized carbons (Fsp3) is 0.438. The number of sulfonamides is 1. The molecule has 0 amide bonds. The molecule has 0 saturated heterocycles. The number of aryl methyl sites for hydroxylation is 2. The van der Waals surface area contributed by atoms with Crippen LogP contribution in [-0.4, -0.2) is 31.1 Å². The molecule has 0 saturated carbocycles. The van der Waals surface area contributed by atoms with Crippen LogP contribution >= 0.6 is 0 Å². The van der Waals surface area contributed by atoms with Gasteiger partial charge in [-0.15, -0.1) is 0 Å². The first kappa shape index (κ1) is 17.5. The Labute approximate surface area is 137 Å². The van der Waals surface area contributed by atoms with E-state index in [0.717, 1.165) is 17.8 Å². The summed E-state index contributed by atoms with van der Waals surface area (Å²) in [7, 11) is -3.53. The van der Waals surface area contributed by atoms with Gasteiger partial charge in [-0.05, 0) is 37.6 Å². The quantitative estimate of drug-likeness (QED) is 0.801. The van der Waals surface area contributed by atoms with Crippen LogP contribution in [0.15, 0.2) is 35.5 Å². The van der Waals surface area contributed by atoms with Gasteiger partial charge >= 0.3 is 0 Å². The SMILES string of the molecule is CCOc1ccc(S(=O)(=O)NCCn2ccnc2CC)cc1C. The highest BCUT2D eigenvalue weighted by Crippen LogP contribution is 2.21. The van der Waals surface area contributed by atoms with Crippen LogP contribution in [0.1, 0.15) is 25.2 Å². The molecule has 0 aliphatic carbocycles. The first-order valence-electron chi connectivity index (χ1n) is 7.71. The lowest BCUT2D eigenvalue weighted by molar-refractivity contribution is 0.337. The van der Waals surface area contributed by atoms with Gasteiger partial charge in [-0.3, -0.25) is 0 Å². The molecule has 126 valence electrons. The summed E-state index contributed by atoms with van der Waals surface area (Å²) in [4.78, 5) is 4.47. The number of ether oxygens (including phenoxy) is 1. The van der Waals surface area contributed by atoms with E-state index in [2.05, 4.69) is 9.71 Å². The van der Waals surface area contributed by atoms with Crippen LogP contribution in [0.25, 0.3) is 0 Å². The van der Waals surface area contributed by atoms with E-state index < -0.39 is 10.0 Å². The van der Waals surface area contributed by atoms with Gasteiger partial charge in [-0.2, -0.15) is 0 Å². The summed E-state index contributed by atoms with van der Waals surface area (Å²) in [5.41, 5.74) is 0.803. The minimum Gasteiger partial charge on any atom is -0.494 e. The number of imidazole rings is 1. The van der Waals surface area contributed by atoms with Crippen LogP contribution in [0.4, 0.5) is 0 Å². The lowest BCUT2D eigenvalue weighted by atomic mass is 10.2. The second-order valence-electron chi connectivity index (χ2n) is 5.15. The number of aromatic nitrogens is 2. The van der Waals surface area contributed by atoms with Gasteiger partial charge in [0.25, 0.3) is 0 Å². The van der Waals surface area contributed by atoms with Gasteiger partial charge < -0.3 is 9.30 Å². The smallest absolute Gasteiger partial charge is 0.240 e. The number of nitrogens with one attached hydrogen (secondary N) is 1. The average molecular weight is 337 g/mol. The van der Waals surface area contributed by atoms with E-state index in [1.165, 1.54) is 0 Å². The Kier molecular flexibility index (Phi) is 5.79. The van der Waals surface area contributed by atoms with E-state index in [9.17, 15) is 8.42 Å². The Hall–Kier alpha value is -1.86. The molecule has 0 fully saturated rings. The van der Waals surface area contributed by atoms with Crippen LogP contribution in [-0.2, 0) is 23.0 Å². The third-order valence-corrected chi connectivity index (χ3v) is 4.98. The molecule has 6 nitrogen and oxygen atoms in total. The number of hydrogen-bond donors (Lipinski definition) is 1. The zero-order valence-corrected chi connectivity index (χ0v) is 14.6. The first-order valence-corrected chi connectivity index (χ1v) is 9.19. The number of hydrogen-bond acceptors (Lipinski definition) is 4. The molecule has 1 aromatic heterocycles. The van der Waals surface area contributed by atoms with Gasteiger partial charge in [-0.25, -0.2) is 18.1 Å². The summed E-state index contributed by atoms with van der Waals surface area (Å²) in [6.45, 7) is 7.17. The van der Waals surface area contributed by atoms with Crippen molar-refractivity contribution in [2.75, 3.05) is 13.2 Å². The lowest BCUT2D eigenvalue weighted by Gasteiger charge is -2.11. The van der Waals surface area contributed by atoms with Crippen molar-refractivity contribution in [1.82, 2.24) is 14.3 Å². The molecule has 2 rings (SSSR count). The number of benzene rings is 1. The minimum atomic E-state index is -3.53. The van der Waals surface area contributed by atoms with Gasteiger partial charge in [-0.1, -0.05) is 6.92 Å². The second-order valence-corrected chi connectivity index (χ2v) is 6.92. The van der Waals surface area contributed by atoms with E-state index in [-0.39, 0.29) is 4.90 Å². The van der Waals surface area contributed by atoms with Crippen molar-refractivity contribution in [3.8, 4) is 5.75 Å². The molecule has 1 aromatic carbocycles. The Morgan fingerprint density at radius 2 is 2.09 bits per heavy atom. The third-order valence-electron chi connectivity index (χ3n) is 3.52. The molecule has 7 heteroatoms. The molecule has 1 N–H and O–H groups in total. The van der Waals surface area contributed by atoms with Crippen molar-refractivity contribution in [3.05, 3.63) is 42.0 Å². The van der Waals surface area contributed by atoms with Crippen LogP contribution in [0.3, 0.4) is 0 Å². The molecule has 0 unspecified atom stereocenters. The van der Waals surface area contributed by atoms with Crippen molar-refractivity contribution in [2.24, 2.45) is 0 Å². The third kappa shape index (κ3) is 4.33. The molecule has 0 atom stereocenters. The summed E-state index contributed by atoms with van der Waals surface area (Å²) in [6.07, 6.45) is 4.40. The zero-order chi connectivity index (χ0) is 16.9. The van der Waals surface area contributed by atoms with Crippen LogP contribution < -0.4 is 9.46 Å². The van der Waals surface area contributed by atoms with Crippen molar-refractivity contribution in [1.29, 1.82) is 0 Å². The molecule has 2 aromatic rings. The van der Waals surface area contributed by atoms with E-state index in [1.807, 2.05) is 31.5 Å². The molecule has 23 heavy (non-hydrogen) atoms. The van der Waals surface area contributed by atoms with Crippen molar-refractivity contribution < 1.29 is 13.2 Å². The van der Waals surface area contributed by atoms with E-state index in [1.54, 1.807) is 24.4 Å². The summed E-state index contributed by atoms with van der Waals surface area (Å²) in [6, 6.07) is 4.88. The Balaban J connectivity index is 2.03. The van der Waals surface area contributed by atoms with Crippen LogP contribution in [0.5, 0.6) is 5.75 Å². The van der Waals surface area contributed by atoms with E-state index in [0.29, 0.717) is 25.4 Å². The summed E-state index contributed by atoms with van der Waals surface area (Å²) < 4.78 is 34.7. The van der Waals surface area contributed by atoms with Crippen molar-refractivity contribution in [3.63, 3.8) is 0 Å². The summed E-state index contributed by atoms with van der Waals surface area (Å²) >= 11 is 0. The largest absolute Gasteiger partial charge is 0.494 e. The number of nitrogens with zero attached hydrogens (tertiary/aromatic N) is 2. The Morgan fingerprint density at radius 3 is 2.74 bits per heavy atom. The summed E-state index contributed by atoms with van der Waals surface area (Å²) in [5, 5.41) is 0. The maximum atomic E-state index is 12.4. The van der Waals surface area contributed by atoms with Crippen molar-refractivity contribution in [2.45, 2.75) is 38.6 Å². The molecule has 0 bridgehead atoms. The molecule has 0 radical (unpaired) electrons. The maximum Gasteiger partial charge on any atom is 0.240 e. The first-order chi connectivity index (χ1) is 11.0. The molecular weight excluding hydrogens is 314 g/mol. The van der Waals surface area contributed by atoms with Gasteiger partial charge in [0.2, 0.25) is 10.0 Å². The van der Waals surface area contributed by atoms with Gasteiger partial charge in [0.15, 0.2) is 0 Å². The Morgan fingerprint density at radius 1 is 1.30 bits per heavy atom. The van der Waals surface area contributed by atoms with Gasteiger partial charge in [0.1, 0.15) is 11.6 Å². The molecular formula is C16H23N3O3S. The molecule has 0 aliphatic rings. The highest BCUT2D eigenvalue weighted by atomic mass is 32.2.